The normalized spacial score (nSPS) is 13.1. The van der Waals surface area contributed by atoms with E-state index in [9.17, 15) is 15.0 Å². The Morgan fingerprint density at radius 2 is 0.796 bits per heavy atom. The van der Waals surface area contributed by atoms with Crippen LogP contribution in [0, 0.1) is 0 Å². The number of allylic oxidation sites excluding steroid dienone is 3. The molecule has 290 valence electrons. The summed E-state index contributed by atoms with van der Waals surface area (Å²) >= 11 is 0. The Hall–Kier alpha value is -1.13. The minimum atomic E-state index is -0.857. The van der Waals surface area contributed by atoms with Crippen LogP contribution in [-0.2, 0) is 4.79 Å². The lowest BCUT2D eigenvalue weighted by atomic mass is 10.0. The van der Waals surface area contributed by atoms with E-state index in [2.05, 4.69) is 31.3 Å². The van der Waals surface area contributed by atoms with Gasteiger partial charge in [-0.25, -0.2) is 0 Å². The lowest BCUT2D eigenvalue weighted by Gasteiger charge is -2.19. The average molecular weight is 690 g/mol. The first-order valence-corrected chi connectivity index (χ1v) is 22.1. The molecule has 0 radical (unpaired) electrons. The van der Waals surface area contributed by atoms with E-state index in [1.807, 2.05) is 6.08 Å². The van der Waals surface area contributed by atoms with Crippen LogP contribution in [0.25, 0.3) is 0 Å². The molecule has 0 aromatic rings. The van der Waals surface area contributed by atoms with Gasteiger partial charge in [0.1, 0.15) is 0 Å². The number of nitrogens with one attached hydrogen (secondary N) is 1. The van der Waals surface area contributed by atoms with E-state index < -0.39 is 12.1 Å². The zero-order valence-electron chi connectivity index (χ0n) is 33.2. The molecule has 0 saturated carbocycles. The molecule has 0 aromatic heterocycles. The fourth-order valence-electron chi connectivity index (χ4n) is 6.78. The molecular weight excluding hydrogens is 602 g/mol. The zero-order chi connectivity index (χ0) is 35.7. The predicted octanol–water partition coefficient (Wildman–Crippen LogP) is 13.6. The Kier molecular flexibility index (Phi) is 40.3. The van der Waals surface area contributed by atoms with Crippen LogP contribution in [0.15, 0.2) is 24.3 Å². The van der Waals surface area contributed by atoms with E-state index in [0.29, 0.717) is 6.42 Å². The van der Waals surface area contributed by atoms with Crippen molar-refractivity contribution in [2.45, 2.75) is 251 Å². The highest BCUT2D eigenvalue weighted by molar-refractivity contribution is 5.76. The van der Waals surface area contributed by atoms with Gasteiger partial charge in [-0.15, -0.1) is 0 Å². The molecule has 0 aliphatic heterocycles. The van der Waals surface area contributed by atoms with Crippen molar-refractivity contribution >= 4 is 5.91 Å². The Morgan fingerprint density at radius 3 is 1.18 bits per heavy atom. The Bertz CT molecular complexity index is 705. The number of carbonyl (C=O) groups excluding carboxylic acids is 1. The molecule has 1 amide bonds. The molecule has 0 aromatic carbocycles. The van der Waals surface area contributed by atoms with Gasteiger partial charge in [-0.05, 0) is 32.1 Å². The van der Waals surface area contributed by atoms with Gasteiger partial charge in [0.15, 0.2) is 0 Å². The van der Waals surface area contributed by atoms with Crippen LogP contribution >= 0.6 is 0 Å². The Balaban J connectivity index is 3.58. The van der Waals surface area contributed by atoms with Gasteiger partial charge in [-0.1, -0.05) is 224 Å². The molecule has 4 nitrogen and oxygen atoms in total. The largest absolute Gasteiger partial charge is 0.394 e. The average Bonchev–Trinajstić information content (AvgIpc) is 3.10. The number of hydrogen-bond donors (Lipinski definition) is 3. The minimum absolute atomic E-state index is 0.0705. The smallest absolute Gasteiger partial charge is 0.220 e. The fraction of sp³-hybridized carbons (Fsp3) is 0.889. The maximum absolute atomic E-state index is 12.4. The SMILES string of the molecule is CCCCCCCCCCCCCCCC/C=C/CC/C=C/C(O)C(CO)NC(=O)CCCCCCCCCCCCCCCCCCC. The maximum Gasteiger partial charge on any atom is 0.220 e. The van der Waals surface area contributed by atoms with Crippen molar-refractivity contribution in [3.63, 3.8) is 0 Å². The highest BCUT2D eigenvalue weighted by atomic mass is 16.3. The molecule has 3 N–H and O–H groups in total. The van der Waals surface area contributed by atoms with Crippen LogP contribution in [0.2, 0.25) is 0 Å². The fourth-order valence-corrected chi connectivity index (χ4v) is 6.78. The number of aliphatic hydroxyl groups is 2. The number of amides is 1. The van der Waals surface area contributed by atoms with Gasteiger partial charge in [0.2, 0.25) is 5.91 Å². The standard InChI is InChI=1S/C45H87NO3/c1-3-5-7-9-11-13-15-17-19-21-22-23-25-26-28-30-32-34-36-38-40-44(48)43(42-47)46-45(49)41-39-37-35-33-31-29-27-24-20-18-16-14-12-10-8-6-4-2/h30,32,38,40,43-44,47-48H,3-29,31,33-37,39,41-42H2,1-2H3,(H,46,49)/b32-30+,40-38+. The second-order valence-corrected chi connectivity index (χ2v) is 15.1. The summed E-state index contributed by atoms with van der Waals surface area (Å²) in [4.78, 5) is 12.4. The van der Waals surface area contributed by atoms with Crippen molar-refractivity contribution in [2.24, 2.45) is 0 Å². The lowest BCUT2D eigenvalue weighted by molar-refractivity contribution is -0.123. The summed E-state index contributed by atoms with van der Waals surface area (Å²) in [7, 11) is 0. The van der Waals surface area contributed by atoms with Gasteiger partial charge < -0.3 is 15.5 Å². The molecule has 0 aliphatic rings. The molecular formula is C45H87NO3. The maximum atomic E-state index is 12.4. The summed E-state index contributed by atoms with van der Waals surface area (Å²) in [5.74, 6) is -0.0705. The van der Waals surface area contributed by atoms with Gasteiger partial charge in [0, 0.05) is 6.42 Å². The molecule has 4 heteroatoms. The second-order valence-electron chi connectivity index (χ2n) is 15.1. The number of carbonyl (C=O) groups is 1. The molecule has 49 heavy (non-hydrogen) atoms. The highest BCUT2D eigenvalue weighted by Crippen LogP contribution is 2.16. The van der Waals surface area contributed by atoms with Gasteiger partial charge in [0.05, 0.1) is 18.8 Å². The van der Waals surface area contributed by atoms with Crippen molar-refractivity contribution in [1.29, 1.82) is 0 Å². The van der Waals surface area contributed by atoms with Crippen molar-refractivity contribution in [3.8, 4) is 0 Å². The van der Waals surface area contributed by atoms with E-state index in [-0.39, 0.29) is 12.5 Å². The zero-order valence-corrected chi connectivity index (χ0v) is 33.2. The van der Waals surface area contributed by atoms with Crippen molar-refractivity contribution in [3.05, 3.63) is 24.3 Å². The number of unbranched alkanes of at least 4 members (excludes halogenated alkanes) is 31. The Labute approximate surface area is 307 Å². The minimum Gasteiger partial charge on any atom is -0.394 e. The van der Waals surface area contributed by atoms with Crippen molar-refractivity contribution in [2.75, 3.05) is 6.61 Å². The number of aliphatic hydroxyl groups excluding tert-OH is 2. The third-order valence-corrected chi connectivity index (χ3v) is 10.2. The summed E-state index contributed by atoms with van der Waals surface area (Å²) in [6, 6.07) is -0.634. The van der Waals surface area contributed by atoms with E-state index in [1.165, 1.54) is 186 Å². The first-order chi connectivity index (χ1) is 24.2. The molecule has 2 atom stereocenters. The van der Waals surface area contributed by atoms with Crippen molar-refractivity contribution in [1.82, 2.24) is 5.32 Å². The number of rotatable bonds is 40. The molecule has 0 bridgehead atoms. The molecule has 0 heterocycles. The van der Waals surface area contributed by atoms with Crippen LogP contribution in [0.4, 0.5) is 0 Å². The third kappa shape index (κ3) is 37.9. The van der Waals surface area contributed by atoms with E-state index in [1.54, 1.807) is 6.08 Å². The van der Waals surface area contributed by atoms with Crippen molar-refractivity contribution < 1.29 is 15.0 Å². The van der Waals surface area contributed by atoms with Crippen LogP contribution in [0.1, 0.15) is 239 Å². The highest BCUT2D eigenvalue weighted by Gasteiger charge is 2.17. The molecule has 0 rings (SSSR count). The quantitative estimate of drug-likeness (QED) is 0.0443. The van der Waals surface area contributed by atoms with Gasteiger partial charge in [0.25, 0.3) is 0 Å². The monoisotopic (exact) mass is 690 g/mol. The first kappa shape index (κ1) is 47.9. The summed E-state index contributed by atoms with van der Waals surface area (Å²) in [5, 5.41) is 23.0. The lowest BCUT2D eigenvalue weighted by Crippen LogP contribution is -2.45. The molecule has 2 unspecified atom stereocenters. The molecule has 0 spiro atoms. The Morgan fingerprint density at radius 1 is 0.469 bits per heavy atom. The summed E-state index contributed by atoms with van der Waals surface area (Å²) in [6.07, 6.45) is 52.9. The molecule has 0 fully saturated rings. The molecule has 0 saturated heterocycles. The summed E-state index contributed by atoms with van der Waals surface area (Å²) in [5.41, 5.74) is 0. The van der Waals surface area contributed by atoms with Gasteiger partial charge in [-0.3, -0.25) is 4.79 Å². The van der Waals surface area contributed by atoms with Crippen LogP contribution < -0.4 is 5.32 Å². The first-order valence-electron chi connectivity index (χ1n) is 22.1. The second kappa shape index (κ2) is 41.3. The van der Waals surface area contributed by atoms with E-state index in [4.69, 9.17) is 0 Å². The van der Waals surface area contributed by atoms with E-state index >= 15 is 0 Å². The summed E-state index contributed by atoms with van der Waals surface area (Å²) in [6.45, 7) is 4.31. The molecule has 0 aliphatic carbocycles. The number of hydrogen-bond acceptors (Lipinski definition) is 3. The topological polar surface area (TPSA) is 69.6 Å². The van der Waals surface area contributed by atoms with Crippen LogP contribution in [0.5, 0.6) is 0 Å². The van der Waals surface area contributed by atoms with Crippen LogP contribution in [0.3, 0.4) is 0 Å². The van der Waals surface area contributed by atoms with Crippen LogP contribution in [-0.4, -0.2) is 34.9 Å². The third-order valence-electron chi connectivity index (χ3n) is 10.2. The van der Waals surface area contributed by atoms with Gasteiger partial charge in [-0.2, -0.15) is 0 Å². The van der Waals surface area contributed by atoms with Gasteiger partial charge >= 0.3 is 0 Å². The predicted molar refractivity (Wildman–Crippen MR) is 216 cm³/mol. The van der Waals surface area contributed by atoms with E-state index in [0.717, 1.165) is 32.1 Å². The summed E-state index contributed by atoms with van der Waals surface area (Å²) < 4.78 is 0.